The van der Waals surface area contributed by atoms with E-state index in [2.05, 4.69) is 17.4 Å². The molecular formula is C14H19NO2S. The Morgan fingerprint density at radius 1 is 1.44 bits per heavy atom. The van der Waals surface area contributed by atoms with Crippen molar-refractivity contribution in [2.45, 2.75) is 23.8 Å². The molecule has 1 saturated heterocycles. The van der Waals surface area contributed by atoms with Crippen molar-refractivity contribution in [2.24, 2.45) is 0 Å². The molecule has 0 amide bonds. The molecule has 0 radical (unpaired) electrons. The second kappa shape index (κ2) is 6.36. The standard InChI is InChI=1S/C14H19NO2S/c1-10(11-3-5-12(18-2)6-4-11)14(16)13-9-15-7-8-17-13/h3-6,10,13,15H,7-9H2,1-2H3. The van der Waals surface area contributed by atoms with Crippen molar-refractivity contribution in [1.29, 1.82) is 0 Å². The molecule has 18 heavy (non-hydrogen) atoms. The molecule has 1 aliphatic heterocycles. The van der Waals surface area contributed by atoms with Crippen LogP contribution in [0.3, 0.4) is 0 Å². The normalized spacial score (nSPS) is 21.6. The van der Waals surface area contributed by atoms with Crippen molar-refractivity contribution in [3.63, 3.8) is 0 Å². The molecule has 0 aliphatic carbocycles. The average Bonchev–Trinajstić information content (AvgIpc) is 2.47. The Balaban J connectivity index is 2.04. The Labute approximate surface area is 112 Å². The molecule has 1 aliphatic rings. The zero-order chi connectivity index (χ0) is 13.0. The van der Waals surface area contributed by atoms with Gasteiger partial charge in [-0.2, -0.15) is 0 Å². The Morgan fingerprint density at radius 3 is 2.72 bits per heavy atom. The molecule has 1 aromatic carbocycles. The lowest BCUT2D eigenvalue weighted by Crippen LogP contribution is -2.44. The van der Waals surface area contributed by atoms with Gasteiger partial charge in [0.2, 0.25) is 0 Å². The molecule has 2 rings (SSSR count). The molecule has 2 atom stereocenters. The van der Waals surface area contributed by atoms with Gasteiger partial charge >= 0.3 is 0 Å². The van der Waals surface area contributed by atoms with Gasteiger partial charge in [0, 0.05) is 23.9 Å². The van der Waals surface area contributed by atoms with Crippen molar-refractivity contribution in [2.75, 3.05) is 26.0 Å². The second-order valence-corrected chi connectivity index (χ2v) is 5.34. The Morgan fingerprint density at radius 2 is 2.17 bits per heavy atom. The summed E-state index contributed by atoms with van der Waals surface area (Å²) in [6.07, 6.45) is 1.75. The summed E-state index contributed by atoms with van der Waals surface area (Å²) in [6.45, 7) is 4.04. The van der Waals surface area contributed by atoms with Gasteiger partial charge in [-0.1, -0.05) is 19.1 Å². The summed E-state index contributed by atoms with van der Waals surface area (Å²) in [7, 11) is 0. The highest BCUT2D eigenvalue weighted by atomic mass is 32.2. The van der Waals surface area contributed by atoms with E-state index in [0.717, 1.165) is 12.1 Å². The molecule has 0 aromatic heterocycles. The third-order valence-electron chi connectivity index (χ3n) is 3.29. The van der Waals surface area contributed by atoms with Crippen LogP contribution in [0.25, 0.3) is 0 Å². The lowest BCUT2D eigenvalue weighted by atomic mass is 9.93. The number of ketones is 1. The molecule has 1 N–H and O–H groups in total. The van der Waals surface area contributed by atoms with E-state index < -0.39 is 0 Å². The van der Waals surface area contributed by atoms with E-state index in [1.54, 1.807) is 11.8 Å². The molecule has 1 aromatic rings. The topological polar surface area (TPSA) is 38.3 Å². The first-order chi connectivity index (χ1) is 8.72. The predicted molar refractivity (Wildman–Crippen MR) is 74.3 cm³/mol. The van der Waals surface area contributed by atoms with Crippen LogP contribution in [0.5, 0.6) is 0 Å². The van der Waals surface area contributed by atoms with Crippen molar-refractivity contribution in [3.8, 4) is 0 Å². The van der Waals surface area contributed by atoms with E-state index in [0.29, 0.717) is 13.2 Å². The number of nitrogens with one attached hydrogen (secondary N) is 1. The largest absolute Gasteiger partial charge is 0.368 e. The fraction of sp³-hybridized carbons (Fsp3) is 0.500. The molecule has 1 heterocycles. The molecule has 3 nitrogen and oxygen atoms in total. The molecular weight excluding hydrogens is 246 g/mol. The number of morpholine rings is 1. The number of benzene rings is 1. The van der Waals surface area contributed by atoms with Crippen LogP contribution in [0, 0.1) is 0 Å². The summed E-state index contributed by atoms with van der Waals surface area (Å²) >= 11 is 1.71. The number of hydrogen-bond acceptors (Lipinski definition) is 4. The molecule has 98 valence electrons. The maximum Gasteiger partial charge on any atom is 0.170 e. The van der Waals surface area contributed by atoms with Gasteiger partial charge in [-0.25, -0.2) is 0 Å². The van der Waals surface area contributed by atoms with Crippen LogP contribution in [0.1, 0.15) is 18.4 Å². The summed E-state index contributed by atoms with van der Waals surface area (Å²) in [5, 5.41) is 3.19. The van der Waals surface area contributed by atoms with Gasteiger partial charge in [0.15, 0.2) is 5.78 Å². The summed E-state index contributed by atoms with van der Waals surface area (Å²) < 4.78 is 5.51. The highest BCUT2D eigenvalue weighted by molar-refractivity contribution is 7.98. The van der Waals surface area contributed by atoms with Gasteiger partial charge in [0.25, 0.3) is 0 Å². The maximum atomic E-state index is 12.3. The van der Waals surface area contributed by atoms with E-state index in [9.17, 15) is 4.79 Å². The zero-order valence-electron chi connectivity index (χ0n) is 10.8. The first kappa shape index (κ1) is 13.6. The number of thioether (sulfide) groups is 1. The minimum absolute atomic E-state index is 0.106. The van der Waals surface area contributed by atoms with Gasteiger partial charge in [-0.05, 0) is 24.0 Å². The molecule has 1 fully saturated rings. The van der Waals surface area contributed by atoms with Gasteiger partial charge in [-0.3, -0.25) is 4.79 Å². The molecule has 0 saturated carbocycles. The van der Waals surface area contributed by atoms with Crippen LogP contribution in [-0.2, 0) is 9.53 Å². The maximum absolute atomic E-state index is 12.3. The van der Waals surface area contributed by atoms with Crippen LogP contribution in [-0.4, -0.2) is 37.8 Å². The Bertz CT molecular complexity index is 399. The van der Waals surface area contributed by atoms with Crippen molar-refractivity contribution < 1.29 is 9.53 Å². The van der Waals surface area contributed by atoms with E-state index in [4.69, 9.17) is 4.74 Å². The monoisotopic (exact) mass is 265 g/mol. The number of hydrogen-bond donors (Lipinski definition) is 1. The minimum Gasteiger partial charge on any atom is -0.368 e. The highest BCUT2D eigenvalue weighted by Crippen LogP contribution is 2.22. The van der Waals surface area contributed by atoms with E-state index in [-0.39, 0.29) is 17.8 Å². The van der Waals surface area contributed by atoms with Gasteiger partial charge in [0.05, 0.1) is 6.61 Å². The predicted octanol–water partition coefficient (Wildman–Crippen LogP) is 2.07. The quantitative estimate of drug-likeness (QED) is 0.846. The SMILES string of the molecule is CSc1ccc(C(C)C(=O)C2CNCCO2)cc1. The smallest absolute Gasteiger partial charge is 0.170 e. The molecule has 0 bridgehead atoms. The number of Topliss-reactive ketones (excluding diaryl/α,β-unsaturated/α-hetero) is 1. The van der Waals surface area contributed by atoms with Crippen LogP contribution in [0.15, 0.2) is 29.2 Å². The molecule has 0 spiro atoms. The van der Waals surface area contributed by atoms with Crippen LogP contribution >= 0.6 is 11.8 Å². The van der Waals surface area contributed by atoms with E-state index in [1.807, 2.05) is 25.3 Å². The van der Waals surface area contributed by atoms with E-state index >= 15 is 0 Å². The number of ether oxygens (including phenoxy) is 1. The lowest BCUT2D eigenvalue weighted by Gasteiger charge is -2.25. The summed E-state index contributed by atoms with van der Waals surface area (Å²) in [5.74, 6) is 0.0601. The number of carbonyl (C=O) groups excluding carboxylic acids is 1. The fourth-order valence-corrected chi connectivity index (χ4v) is 2.49. The highest BCUT2D eigenvalue weighted by Gasteiger charge is 2.27. The first-order valence-electron chi connectivity index (χ1n) is 6.22. The van der Waals surface area contributed by atoms with Crippen molar-refractivity contribution in [3.05, 3.63) is 29.8 Å². The third-order valence-corrected chi connectivity index (χ3v) is 4.03. The minimum atomic E-state index is -0.297. The first-order valence-corrected chi connectivity index (χ1v) is 7.45. The van der Waals surface area contributed by atoms with E-state index in [1.165, 1.54) is 4.90 Å². The summed E-state index contributed by atoms with van der Waals surface area (Å²) in [5.41, 5.74) is 1.06. The third kappa shape index (κ3) is 3.13. The zero-order valence-corrected chi connectivity index (χ0v) is 11.6. The number of carbonyl (C=O) groups is 1. The average molecular weight is 265 g/mol. The summed E-state index contributed by atoms with van der Waals surface area (Å²) in [6, 6.07) is 8.18. The summed E-state index contributed by atoms with van der Waals surface area (Å²) in [4.78, 5) is 13.5. The van der Waals surface area contributed by atoms with Crippen molar-refractivity contribution >= 4 is 17.5 Å². The van der Waals surface area contributed by atoms with Gasteiger partial charge in [0.1, 0.15) is 6.10 Å². The Hall–Kier alpha value is -0.840. The number of rotatable bonds is 4. The van der Waals surface area contributed by atoms with Crippen LogP contribution < -0.4 is 5.32 Å². The van der Waals surface area contributed by atoms with Crippen LogP contribution in [0.2, 0.25) is 0 Å². The van der Waals surface area contributed by atoms with Gasteiger partial charge < -0.3 is 10.1 Å². The second-order valence-electron chi connectivity index (χ2n) is 4.46. The molecule has 4 heteroatoms. The molecule has 2 unspecified atom stereocenters. The van der Waals surface area contributed by atoms with Crippen molar-refractivity contribution in [1.82, 2.24) is 5.32 Å². The lowest BCUT2D eigenvalue weighted by molar-refractivity contribution is -0.133. The van der Waals surface area contributed by atoms with Gasteiger partial charge in [-0.15, -0.1) is 11.8 Å². The Kier molecular flexibility index (Phi) is 4.80. The fourth-order valence-electron chi connectivity index (χ4n) is 2.08. The van der Waals surface area contributed by atoms with Crippen LogP contribution in [0.4, 0.5) is 0 Å².